The number of hydrogen-bond donors (Lipinski definition) is 1. The molecule has 1 N–H and O–H groups in total. The normalized spacial score (nSPS) is 26.3. The fourth-order valence-electron chi connectivity index (χ4n) is 1.88. The molecule has 0 aromatic carbocycles. The van der Waals surface area contributed by atoms with Crippen LogP contribution in [0, 0.1) is 11.3 Å². The zero-order valence-corrected chi connectivity index (χ0v) is 9.29. The van der Waals surface area contributed by atoms with Crippen molar-refractivity contribution < 1.29 is 0 Å². The Morgan fingerprint density at radius 2 is 2.53 bits per heavy atom. The summed E-state index contributed by atoms with van der Waals surface area (Å²) in [5, 5.41) is 12.3. The van der Waals surface area contributed by atoms with Crippen LogP contribution >= 0.6 is 0 Å². The van der Waals surface area contributed by atoms with Crippen LogP contribution in [0.15, 0.2) is 36.1 Å². The molecule has 0 saturated carbocycles. The Labute approximate surface area is 92.0 Å². The monoisotopic (exact) mass is 202 g/mol. The maximum atomic E-state index is 9.11. The number of allylic oxidation sites excluding steroid dienone is 2. The first kappa shape index (κ1) is 11.6. The standard InChI is InChI=1S/C13H18N2/c1-3-11-7-5-6-8-13(15-4-2)9-12(11)10-14/h4,6,8,13,15H,2-3,5,7,9H2,1H3/b8-6?,12-11+. The van der Waals surface area contributed by atoms with E-state index in [0.717, 1.165) is 31.3 Å². The maximum absolute atomic E-state index is 9.11. The van der Waals surface area contributed by atoms with Crippen molar-refractivity contribution >= 4 is 0 Å². The summed E-state index contributed by atoms with van der Waals surface area (Å²) in [5.74, 6) is 0. The lowest BCUT2D eigenvalue weighted by Gasteiger charge is -2.17. The summed E-state index contributed by atoms with van der Waals surface area (Å²) in [6.07, 6.45) is 9.83. The molecule has 0 fully saturated rings. The number of hydrogen-bond acceptors (Lipinski definition) is 2. The lowest BCUT2D eigenvalue weighted by Crippen LogP contribution is -2.23. The summed E-state index contributed by atoms with van der Waals surface area (Å²) >= 11 is 0. The van der Waals surface area contributed by atoms with Gasteiger partial charge in [0.15, 0.2) is 0 Å². The molecule has 1 aliphatic carbocycles. The zero-order chi connectivity index (χ0) is 11.1. The third-order valence-corrected chi connectivity index (χ3v) is 2.73. The van der Waals surface area contributed by atoms with Crippen molar-refractivity contribution in [2.75, 3.05) is 0 Å². The molecule has 0 amide bonds. The molecule has 0 aromatic heterocycles. The predicted molar refractivity (Wildman–Crippen MR) is 63.0 cm³/mol. The molecule has 1 aliphatic rings. The molecule has 0 radical (unpaired) electrons. The molecule has 0 bridgehead atoms. The molecule has 0 saturated heterocycles. The Morgan fingerprint density at radius 3 is 3.13 bits per heavy atom. The van der Waals surface area contributed by atoms with Crippen molar-refractivity contribution in [3.05, 3.63) is 36.1 Å². The van der Waals surface area contributed by atoms with Gasteiger partial charge in [0.2, 0.25) is 0 Å². The van der Waals surface area contributed by atoms with Gasteiger partial charge in [0.25, 0.3) is 0 Å². The molecule has 2 nitrogen and oxygen atoms in total. The van der Waals surface area contributed by atoms with E-state index in [1.165, 1.54) is 5.57 Å². The van der Waals surface area contributed by atoms with Crippen LogP contribution < -0.4 is 5.32 Å². The lowest BCUT2D eigenvalue weighted by atomic mass is 9.93. The van der Waals surface area contributed by atoms with Crippen molar-refractivity contribution in [1.29, 1.82) is 5.26 Å². The minimum Gasteiger partial charge on any atom is -0.385 e. The first-order valence-electron chi connectivity index (χ1n) is 5.46. The molecule has 80 valence electrons. The summed E-state index contributed by atoms with van der Waals surface area (Å²) < 4.78 is 0. The second kappa shape index (κ2) is 6.08. The molecule has 0 aromatic rings. The van der Waals surface area contributed by atoms with Gasteiger partial charge in [-0.25, -0.2) is 0 Å². The van der Waals surface area contributed by atoms with Crippen molar-refractivity contribution in [3.63, 3.8) is 0 Å². The first-order valence-corrected chi connectivity index (χ1v) is 5.46. The average molecular weight is 202 g/mol. The lowest BCUT2D eigenvalue weighted by molar-refractivity contribution is 0.679. The van der Waals surface area contributed by atoms with E-state index in [4.69, 9.17) is 5.26 Å². The van der Waals surface area contributed by atoms with Crippen LogP contribution in [-0.4, -0.2) is 6.04 Å². The van der Waals surface area contributed by atoms with Crippen molar-refractivity contribution in [2.24, 2.45) is 0 Å². The predicted octanol–water partition coefficient (Wildman–Crippen LogP) is 3.06. The average Bonchev–Trinajstić information content (AvgIpc) is 2.22. The second-order valence-corrected chi connectivity index (χ2v) is 3.70. The van der Waals surface area contributed by atoms with Crippen molar-refractivity contribution in [2.45, 2.75) is 38.6 Å². The Bertz CT molecular complexity index is 318. The van der Waals surface area contributed by atoms with Gasteiger partial charge in [0, 0.05) is 18.0 Å². The van der Waals surface area contributed by atoms with E-state index >= 15 is 0 Å². The third-order valence-electron chi connectivity index (χ3n) is 2.73. The highest BCUT2D eigenvalue weighted by atomic mass is 14.9. The topological polar surface area (TPSA) is 35.8 Å². The second-order valence-electron chi connectivity index (χ2n) is 3.70. The molecule has 0 spiro atoms. The van der Waals surface area contributed by atoms with Gasteiger partial charge in [-0.2, -0.15) is 5.26 Å². The molecule has 0 aliphatic heterocycles. The van der Waals surface area contributed by atoms with Crippen molar-refractivity contribution in [3.8, 4) is 6.07 Å². The minimum absolute atomic E-state index is 0.221. The summed E-state index contributed by atoms with van der Waals surface area (Å²) in [6, 6.07) is 2.55. The van der Waals surface area contributed by atoms with Crippen LogP contribution in [0.1, 0.15) is 32.6 Å². The van der Waals surface area contributed by atoms with E-state index < -0.39 is 0 Å². The Kier molecular flexibility index (Phi) is 4.70. The Morgan fingerprint density at radius 1 is 1.73 bits per heavy atom. The highest BCUT2D eigenvalue weighted by Crippen LogP contribution is 2.21. The van der Waals surface area contributed by atoms with Crippen LogP contribution in [0.4, 0.5) is 0 Å². The SMILES string of the molecule is C=CNC1C=CCC/C(CC)=C(/C#N)C1. The molecule has 1 unspecified atom stereocenters. The molecule has 1 atom stereocenters. The number of nitrogens with one attached hydrogen (secondary N) is 1. The van der Waals surface area contributed by atoms with Gasteiger partial charge in [-0.3, -0.25) is 0 Å². The van der Waals surface area contributed by atoms with E-state index in [-0.39, 0.29) is 6.04 Å². The molecule has 0 heterocycles. The smallest absolute Gasteiger partial charge is 0.0947 e. The maximum Gasteiger partial charge on any atom is 0.0947 e. The summed E-state index contributed by atoms with van der Waals surface area (Å²) in [6.45, 7) is 5.77. The van der Waals surface area contributed by atoms with Gasteiger partial charge in [0.1, 0.15) is 0 Å². The van der Waals surface area contributed by atoms with Gasteiger partial charge in [0.05, 0.1) is 6.07 Å². The molecule has 15 heavy (non-hydrogen) atoms. The van der Waals surface area contributed by atoms with E-state index in [0.29, 0.717) is 0 Å². The highest BCUT2D eigenvalue weighted by Gasteiger charge is 2.12. The van der Waals surface area contributed by atoms with Crippen LogP contribution in [0.5, 0.6) is 0 Å². The van der Waals surface area contributed by atoms with E-state index in [9.17, 15) is 0 Å². The largest absolute Gasteiger partial charge is 0.385 e. The number of nitrogens with zero attached hydrogens (tertiary/aromatic N) is 1. The molecular formula is C13H18N2. The quantitative estimate of drug-likeness (QED) is 0.714. The summed E-state index contributed by atoms with van der Waals surface area (Å²) in [7, 11) is 0. The summed E-state index contributed by atoms with van der Waals surface area (Å²) in [5.41, 5.74) is 2.25. The van der Waals surface area contributed by atoms with E-state index in [1.807, 2.05) is 0 Å². The van der Waals surface area contributed by atoms with Crippen LogP contribution in [0.2, 0.25) is 0 Å². The molecule has 1 rings (SSSR count). The minimum atomic E-state index is 0.221. The van der Waals surface area contributed by atoms with E-state index in [1.54, 1.807) is 6.20 Å². The van der Waals surface area contributed by atoms with Crippen molar-refractivity contribution in [1.82, 2.24) is 5.32 Å². The van der Waals surface area contributed by atoms with Crippen LogP contribution in [0.3, 0.4) is 0 Å². The van der Waals surface area contributed by atoms with E-state index in [2.05, 4.69) is 37.0 Å². The van der Waals surface area contributed by atoms with Crippen LogP contribution in [0.25, 0.3) is 0 Å². The number of nitriles is 1. The van der Waals surface area contributed by atoms with Gasteiger partial charge < -0.3 is 5.32 Å². The third kappa shape index (κ3) is 3.28. The molecule has 2 heteroatoms. The first-order chi connectivity index (χ1) is 7.31. The zero-order valence-electron chi connectivity index (χ0n) is 9.29. The fraction of sp³-hybridized carbons (Fsp3) is 0.462. The summed E-state index contributed by atoms with van der Waals surface area (Å²) in [4.78, 5) is 0. The molecular weight excluding hydrogens is 184 g/mol. The van der Waals surface area contributed by atoms with Gasteiger partial charge in [-0.1, -0.05) is 31.2 Å². The van der Waals surface area contributed by atoms with Gasteiger partial charge >= 0.3 is 0 Å². The number of rotatable bonds is 3. The fourth-order valence-corrected chi connectivity index (χ4v) is 1.88. The Balaban J connectivity index is 2.84. The van der Waals surface area contributed by atoms with Gasteiger partial charge in [-0.05, 0) is 25.5 Å². The van der Waals surface area contributed by atoms with Crippen LogP contribution in [-0.2, 0) is 0 Å². The Hall–Kier alpha value is -1.49. The highest BCUT2D eigenvalue weighted by molar-refractivity contribution is 5.31. The van der Waals surface area contributed by atoms with Gasteiger partial charge in [-0.15, -0.1) is 0 Å².